The van der Waals surface area contributed by atoms with Crippen molar-refractivity contribution in [3.63, 3.8) is 0 Å². The van der Waals surface area contributed by atoms with E-state index in [2.05, 4.69) is 48.1 Å². The third kappa shape index (κ3) is 10.6. The molecule has 0 saturated heterocycles. The number of unbranched alkanes of at least 4 members (excludes halogenated alkanes) is 10. The molecule has 1 aromatic carbocycles. The molecule has 31 heavy (non-hydrogen) atoms. The fourth-order valence-corrected chi connectivity index (χ4v) is 3.68. The maximum Gasteiger partial charge on any atom is 0.311 e. The van der Waals surface area contributed by atoms with E-state index in [1.165, 1.54) is 69.8 Å². The number of aryl methyl sites for hydroxylation is 1. The fourth-order valence-electron chi connectivity index (χ4n) is 3.68. The summed E-state index contributed by atoms with van der Waals surface area (Å²) in [5, 5.41) is 0. The van der Waals surface area contributed by atoms with Gasteiger partial charge in [-0.1, -0.05) is 102 Å². The van der Waals surface area contributed by atoms with Crippen LogP contribution in [0.3, 0.4) is 0 Å². The lowest BCUT2D eigenvalue weighted by Gasteiger charge is -2.06. The Morgan fingerprint density at radius 1 is 0.742 bits per heavy atom. The molecule has 0 radical (unpaired) electrons. The highest BCUT2D eigenvalue weighted by atomic mass is 16.5. The van der Waals surface area contributed by atoms with Crippen molar-refractivity contribution >= 4 is 5.97 Å². The highest BCUT2D eigenvalue weighted by Gasteiger charge is 2.07. The van der Waals surface area contributed by atoms with Crippen molar-refractivity contribution in [2.75, 3.05) is 0 Å². The van der Waals surface area contributed by atoms with Crippen LogP contribution in [0, 0.1) is 0 Å². The maximum absolute atomic E-state index is 12.0. The minimum atomic E-state index is -0.199. The minimum absolute atomic E-state index is 0.199. The van der Waals surface area contributed by atoms with E-state index in [0.717, 1.165) is 24.8 Å². The molecule has 1 heterocycles. The topological polar surface area (TPSA) is 52.1 Å². The van der Waals surface area contributed by atoms with Crippen LogP contribution in [0.5, 0.6) is 5.75 Å². The van der Waals surface area contributed by atoms with Crippen LogP contribution in [-0.2, 0) is 11.2 Å². The second-order valence-electron chi connectivity index (χ2n) is 8.45. The summed E-state index contributed by atoms with van der Waals surface area (Å²) >= 11 is 0. The van der Waals surface area contributed by atoms with Gasteiger partial charge in [-0.3, -0.25) is 4.79 Å². The Morgan fingerprint density at radius 3 is 1.90 bits per heavy atom. The van der Waals surface area contributed by atoms with Gasteiger partial charge in [0.1, 0.15) is 0 Å². The molecule has 170 valence electrons. The van der Waals surface area contributed by atoms with E-state index < -0.39 is 0 Å². The van der Waals surface area contributed by atoms with Crippen molar-refractivity contribution in [2.45, 2.75) is 104 Å². The number of ether oxygens (including phenoxy) is 1. The quantitative estimate of drug-likeness (QED) is 0.205. The summed E-state index contributed by atoms with van der Waals surface area (Å²) in [6.07, 6.45) is 19.6. The Hall–Kier alpha value is -2.23. The van der Waals surface area contributed by atoms with Crippen LogP contribution >= 0.6 is 0 Å². The van der Waals surface area contributed by atoms with E-state index in [9.17, 15) is 4.79 Å². The molecule has 0 aliphatic rings. The number of benzene rings is 1. The zero-order chi connectivity index (χ0) is 22.2. The van der Waals surface area contributed by atoms with Gasteiger partial charge in [0.2, 0.25) is 0 Å². The summed E-state index contributed by atoms with van der Waals surface area (Å²) in [6.45, 7) is 4.47. The largest absolute Gasteiger partial charge is 0.423 e. The summed E-state index contributed by atoms with van der Waals surface area (Å²) in [4.78, 5) is 20.8. The Kier molecular flexibility index (Phi) is 12.6. The Balaban J connectivity index is 1.68. The molecular formula is C27H40N2O2. The van der Waals surface area contributed by atoms with Gasteiger partial charge in [-0.05, 0) is 24.8 Å². The van der Waals surface area contributed by atoms with Gasteiger partial charge in [0, 0.05) is 12.0 Å². The molecule has 0 aliphatic carbocycles. The normalized spacial score (nSPS) is 10.9. The van der Waals surface area contributed by atoms with E-state index in [0.29, 0.717) is 18.0 Å². The first-order valence-corrected chi connectivity index (χ1v) is 12.3. The minimum Gasteiger partial charge on any atom is -0.423 e. The molecule has 0 spiro atoms. The van der Waals surface area contributed by atoms with Crippen LogP contribution in [0.4, 0.5) is 0 Å². The molecule has 0 fully saturated rings. The van der Waals surface area contributed by atoms with Crippen molar-refractivity contribution in [3.05, 3.63) is 42.2 Å². The highest BCUT2D eigenvalue weighted by molar-refractivity contribution is 5.72. The molecule has 0 saturated carbocycles. The van der Waals surface area contributed by atoms with Crippen molar-refractivity contribution in [3.8, 4) is 17.1 Å². The predicted octanol–water partition coefficient (Wildman–Crippen LogP) is 7.70. The molecule has 2 rings (SSSR count). The number of hydrogen-bond acceptors (Lipinski definition) is 4. The number of rotatable bonds is 16. The van der Waals surface area contributed by atoms with Gasteiger partial charge >= 0.3 is 5.97 Å². The monoisotopic (exact) mass is 424 g/mol. The number of hydrogen-bond donors (Lipinski definition) is 0. The summed E-state index contributed by atoms with van der Waals surface area (Å²) in [7, 11) is 0. The molecule has 0 unspecified atom stereocenters. The van der Waals surface area contributed by atoms with Gasteiger partial charge < -0.3 is 4.74 Å². The average Bonchev–Trinajstić information content (AvgIpc) is 2.79. The molecule has 0 aliphatic heterocycles. The summed E-state index contributed by atoms with van der Waals surface area (Å²) in [6, 6.07) is 8.45. The van der Waals surface area contributed by atoms with Crippen molar-refractivity contribution in [1.29, 1.82) is 0 Å². The van der Waals surface area contributed by atoms with Gasteiger partial charge in [-0.25, -0.2) is 9.97 Å². The number of carbonyl (C=O) groups is 1. The van der Waals surface area contributed by atoms with E-state index in [4.69, 9.17) is 4.74 Å². The Labute approximate surface area is 188 Å². The maximum atomic E-state index is 12.0. The number of carbonyl (C=O) groups excluding carboxylic acids is 1. The highest BCUT2D eigenvalue weighted by Crippen LogP contribution is 2.19. The molecule has 2 aromatic rings. The van der Waals surface area contributed by atoms with Crippen molar-refractivity contribution in [2.24, 2.45) is 0 Å². The number of nitrogens with zero attached hydrogens (tertiary/aromatic N) is 2. The Morgan fingerprint density at radius 2 is 1.29 bits per heavy atom. The van der Waals surface area contributed by atoms with Crippen molar-refractivity contribution in [1.82, 2.24) is 9.97 Å². The molecule has 1 aromatic heterocycles. The third-order valence-corrected chi connectivity index (χ3v) is 5.63. The zero-order valence-electron chi connectivity index (χ0n) is 19.6. The van der Waals surface area contributed by atoms with Gasteiger partial charge in [-0.2, -0.15) is 0 Å². The van der Waals surface area contributed by atoms with Gasteiger partial charge in [0.25, 0.3) is 0 Å². The predicted molar refractivity (Wildman–Crippen MR) is 128 cm³/mol. The molecule has 4 heteroatoms. The van der Waals surface area contributed by atoms with E-state index in [1.807, 2.05) is 0 Å². The second-order valence-corrected chi connectivity index (χ2v) is 8.45. The molecule has 0 N–H and O–H groups in total. The molecular weight excluding hydrogens is 384 g/mol. The summed E-state index contributed by atoms with van der Waals surface area (Å²) in [5.41, 5.74) is 2.33. The first-order valence-electron chi connectivity index (χ1n) is 12.3. The van der Waals surface area contributed by atoms with Crippen LogP contribution in [0.2, 0.25) is 0 Å². The zero-order valence-corrected chi connectivity index (χ0v) is 19.6. The second kappa shape index (κ2) is 15.6. The van der Waals surface area contributed by atoms with E-state index in [1.54, 1.807) is 12.4 Å². The third-order valence-electron chi connectivity index (χ3n) is 5.63. The smallest absolute Gasteiger partial charge is 0.311 e. The fraction of sp³-hybridized carbons (Fsp3) is 0.593. The SMILES string of the molecule is CCCCCCCCCCC(=O)Oc1cnc(-c2ccc(CCCCCC)cc2)nc1. The van der Waals surface area contributed by atoms with Gasteiger partial charge in [0.05, 0.1) is 12.4 Å². The number of esters is 1. The molecule has 4 nitrogen and oxygen atoms in total. The summed E-state index contributed by atoms with van der Waals surface area (Å²) in [5.74, 6) is 0.871. The van der Waals surface area contributed by atoms with E-state index in [-0.39, 0.29) is 5.97 Å². The Bertz CT molecular complexity index is 726. The van der Waals surface area contributed by atoms with Crippen LogP contribution in [0.25, 0.3) is 11.4 Å². The summed E-state index contributed by atoms with van der Waals surface area (Å²) < 4.78 is 5.38. The number of aromatic nitrogens is 2. The lowest BCUT2D eigenvalue weighted by molar-refractivity contribution is -0.134. The van der Waals surface area contributed by atoms with Gasteiger partial charge in [0.15, 0.2) is 11.6 Å². The standard InChI is InChI=1S/C27H40N2O2/c1-3-5-7-9-10-11-12-14-16-26(30)31-25-21-28-27(29-22-25)24-19-17-23(18-20-24)15-13-8-6-4-2/h17-22H,3-16H2,1-2H3. The average molecular weight is 425 g/mol. The lowest BCUT2D eigenvalue weighted by Crippen LogP contribution is -2.08. The van der Waals surface area contributed by atoms with Crippen LogP contribution in [-0.4, -0.2) is 15.9 Å². The van der Waals surface area contributed by atoms with Crippen LogP contribution in [0.1, 0.15) is 103 Å². The first kappa shape index (κ1) is 25.0. The molecule has 0 bridgehead atoms. The first-order chi connectivity index (χ1) is 15.2. The van der Waals surface area contributed by atoms with Gasteiger partial charge in [-0.15, -0.1) is 0 Å². The van der Waals surface area contributed by atoms with Crippen molar-refractivity contribution < 1.29 is 9.53 Å². The van der Waals surface area contributed by atoms with Crippen LogP contribution < -0.4 is 4.74 Å². The van der Waals surface area contributed by atoms with Crippen LogP contribution in [0.15, 0.2) is 36.7 Å². The molecule has 0 amide bonds. The lowest BCUT2D eigenvalue weighted by atomic mass is 10.0. The van der Waals surface area contributed by atoms with E-state index >= 15 is 0 Å². The molecule has 0 atom stereocenters.